The number of hydrogen-bond donors (Lipinski definition) is 0. The smallest absolute Gasteiger partial charge is 0.110 e. The predicted octanol–water partition coefficient (Wildman–Crippen LogP) is 2.54. The highest BCUT2D eigenvalue weighted by Gasteiger charge is 2.03. The van der Waals surface area contributed by atoms with Crippen LogP contribution in [-0.4, -0.2) is 18.1 Å². The Morgan fingerprint density at radius 1 is 1.18 bits per heavy atom. The van der Waals surface area contributed by atoms with Gasteiger partial charge in [0.15, 0.2) is 0 Å². The molecular formula is C9H18N2. The number of hydrogen-bond acceptors (Lipinski definition) is 1. The Labute approximate surface area is 69.4 Å². The summed E-state index contributed by atoms with van der Waals surface area (Å²) in [7, 11) is 0. The summed E-state index contributed by atoms with van der Waals surface area (Å²) in [6.45, 7) is 10.3. The minimum atomic E-state index is -0.00564. The molecule has 2 heteroatoms. The molecule has 2 nitrogen and oxygen atoms in total. The first-order valence-corrected chi connectivity index (χ1v) is 3.99. The first-order valence-electron chi connectivity index (χ1n) is 3.99. The van der Waals surface area contributed by atoms with Gasteiger partial charge in [0.2, 0.25) is 0 Å². The van der Waals surface area contributed by atoms with E-state index in [0.29, 0.717) is 5.92 Å². The highest BCUT2D eigenvalue weighted by Crippen LogP contribution is 2.04. The van der Waals surface area contributed by atoms with Crippen LogP contribution in [0.4, 0.5) is 0 Å². The largest absolute Gasteiger partial charge is 0.268 e. The molecule has 0 aliphatic carbocycles. The van der Waals surface area contributed by atoms with Gasteiger partial charge in [0.25, 0.3) is 0 Å². The molecule has 0 spiro atoms. The highest BCUT2D eigenvalue weighted by atomic mass is 14.9. The molecule has 0 heterocycles. The molecule has 0 aliphatic heterocycles. The van der Waals surface area contributed by atoms with E-state index in [4.69, 9.17) is 0 Å². The van der Waals surface area contributed by atoms with E-state index in [1.54, 1.807) is 6.34 Å². The van der Waals surface area contributed by atoms with E-state index in [9.17, 15) is 0 Å². The third-order valence-electron chi connectivity index (χ3n) is 0.896. The van der Waals surface area contributed by atoms with Gasteiger partial charge in [-0.2, -0.15) is 0 Å². The molecule has 0 rings (SSSR count). The lowest BCUT2D eigenvalue weighted by Gasteiger charge is -2.08. The SMILES string of the molecule is CC(C)/C=N\C=N/C(C)(C)C. The van der Waals surface area contributed by atoms with Gasteiger partial charge in [-0.1, -0.05) is 13.8 Å². The maximum absolute atomic E-state index is 4.21. The summed E-state index contributed by atoms with van der Waals surface area (Å²) in [6.07, 6.45) is 3.51. The van der Waals surface area contributed by atoms with Gasteiger partial charge < -0.3 is 0 Å². The number of rotatable bonds is 2. The van der Waals surface area contributed by atoms with Crippen LogP contribution >= 0.6 is 0 Å². The van der Waals surface area contributed by atoms with Crippen molar-refractivity contribution in [2.24, 2.45) is 15.9 Å². The molecular weight excluding hydrogens is 136 g/mol. The molecule has 0 fully saturated rings. The Bertz CT molecular complexity index is 149. The van der Waals surface area contributed by atoms with Crippen molar-refractivity contribution < 1.29 is 0 Å². The van der Waals surface area contributed by atoms with Crippen molar-refractivity contribution in [2.45, 2.75) is 40.2 Å². The van der Waals surface area contributed by atoms with Crippen molar-refractivity contribution in [3.8, 4) is 0 Å². The highest BCUT2D eigenvalue weighted by molar-refractivity contribution is 5.73. The van der Waals surface area contributed by atoms with Crippen LogP contribution in [0.1, 0.15) is 34.6 Å². The summed E-state index contributed by atoms with van der Waals surface area (Å²) in [6, 6.07) is 0. The Kier molecular flexibility index (Phi) is 4.01. The second-order valence-electron chi connectivity index (χ2n) is 3.96. The molecule has 0 bridgehead atoms. The Hall–Kier alpha value is -0.660. The average Bonchev–Trinajstić information content (AvgIpc) is 1.78. The quantitative estimate of drug-likeness (QED) is 0.431. The van der Waals surface area contributed by atoms with Gasteiger partial charge in [0.1, 0.15) is 6.34 Å². The third kappa shape index (κ3) is 9.34. The predicted molar refractivity (Wildman–Crippen MR) is 51.6 cm³/mol. The molecule has 0 aromatic carbocycles. The summed E-state index contributed by atoms with van der Waals surface area (Å²) in [5, 5.41) is 0. The summed E-state index contributed by atoms with van der Waals surface area (Å²) in [5.74, 6) is 0.501. The molecule has 0 aromatic rings. The lowest BCUT2D eigenvalue weighted by molar-refractivity contribution is 0.586. The molecule has 0 N–H and O–H groups in total. The molecule has 0 aliphatic rings. The van der Waals surface area contributed by atoms with E-state index in [2.05, 4.69) is 23.8 Å². The molecule has 64 valence electrons. The molecule has 0 amide bonds. The van der Waals surface area contributed by atoms with Crippen molar-refractivity contribution in [1.82, 2.24) is 0 Å². The van der Waals surface area contributed by atoms with E-state index in [1.165, 1.54) is 0 Å². The van der Waals surface area contributed by atoms with Crippen LogP contribution in [0.15, 0.2) is 9.98 Å². The Morgan fingerprint density at radius 2 is 1.73 bits per heavy atom. The fraction of sp³-hybridized carbons (Fsp3) is 0.778. The van der Waals surface area contributed by atoms with Gasteiger partial charge in [-0.05, 0) is 26.7 Å². The summed E-state index contributed by atoms with van der Waals surface area (Å²) in [5.41, 5.74) is -0.00564. The van der Waals surface area contributed by atoms with Crippen molar-refractivity contribution in [3.63, 3.8) is 0 Å². The van der Waals surface area contributed by atoms with Crippen molar-refractivity contribution in [1.29, 1.82) is 0 Å². The fourth-order valence-corrected chi connectivity index (χ4v) is 0.417. The molecule has 0 saturated heterocycles. The van der Waals surface area contributed by atoms with Gasteiger partial charge >= 0.3 is 0 Å². The topological polar surface area (TPSA) is 24.7 Å². The van der Waals surface area contributed by atoms with Gasteiger partial charge in [-0.15, -0.1) is 0 Å². The summed E-state index contributed by atoms with van der Waals surface area (Å²) >= 11 is 0. The molecule has 0 radical (unpaired) electrons. The average molecular weight is 154 g/mol. The molecule has 0 unspecified atom stereocenters. The Balaban J connectivity index is 3.78. The van der Waals surface area contributed by atoms with E-state index in [1.807, 2.05) is 27.0 Å². The molecule has 11 heavy (non-hydrogen) atoms. The van der Waals surface area contributed by atoms with Crippen molar-refractivity contribution in [2.75, 3.05) is 0 Å². The van der Waals surface area contributed by atoms with Crippen LogP contribution in [0.25, 0.3) is 0 Å². The van der Waals surface area contributed by atoms with Gasteiger partial charge in [-0.25, -0.2) is 4.99 Å². The van der Waals surface area contributed by atoms with Crippen LogP contribution in [-0.2, 0) is 0 Å². The Morgan fingerprint density at radius 3 is 2.09 bits per heavy atom. The molecule has 0 atom stereocenters. The van der Waals surface area contributed by atoms with Crippen LogP contribution < -0.4 is 0 Å². The van der Waals surface area contributed by atoms with Crippen molar-refractivity contribution in [3.05, 3.63) is 0 Å². The lowest BCUT2D eigenvalue weighted by Crippen LogP contribution is -2.08. The lowest BCUT2D eigenvalue weighted by atomic mass is 10.1. The third-order valence-corrected chi connectivity index (χ3v) is 0.896. The standard InChI is InChI=1S/C9H18N2/c1-8(2)6-10-7-11-9(3,4)5/h6-8H,1-5H3/b10-6-,11-7-. The van der Waals surface area contributed by atoms with Crippen LogP contribution in [0, 0.1) is 5.92 Å². The molecule has 0 aromatic heterocycles. The second kappa shape index (κ2) is 4.27. The van der Waals surface area contributed by atoms with Crippen LogP contribution in [0.2, 0.25) is 0 Å². The maximum atomic E-state index is 4.21. The van der Waals surface area contributed by atoms with E-state index in [0.717, 1.165) is 0 Å². The normalized spacial score (nSPS) is 14.0. The number of nitrogens with zero attached hydrogens (tertiary/aromatic N) is 2. The van der Waals surface area contributed by atoms with E-state index in [-0.39, 0.29) is 5.54 Å². The summed E-state index contributed by atoms with van der Waals surface area (Å²) < 4.78 is 0. The van der Waals surface area contributed by atoms with Gasteiger partial charge in [0, 0.05) is 6.21 Å². The minimum Gasteiger partial charge on any atom is -0.268 e. The zero-order chi connectivity index (χ0) is 8.91. The fourth-order valence-electron chi connectivity index (χ4n) is 0.417. The van der Waals surface area contributed by atoms with Crippen molar-refractivity contribution >= 4 is 12.6 Å². The van der Waals surface area contributed by atoms with E-state index < -0.39 is 0 Å². The van der Waals surface area contributed by atoms with Crippen LogP contribution in [0.3, 0.4) is 0 Å². The zero-order valence-corrected chi connectivity index (χ0v) is 8.13. The number of aliphatic imine (C=N–C) groups is 2. The zero-order valence-electron chi connectivity index (χ0n) is 8.13. The minimum absolute atomic E-state index is 0.00564. The summed E-state index contributed by atoms with van der Waals surface area (Å²) in [4.78, 5) is 8.25. The van der Waals surface area contributed by atoms with Gasteiger partial charge in [-0.3, -0.25) is 4.99 Å². The second-order valence-corrected chi connectivity index (χ2v) is 3.96. The maximum Gasteiger partial charge on any atom is 0.110 e. The molecule has 0 saturated carbocycles. The van der Waals surface area contributed by atoms with Crippen LogP contribution in [0.5, 0.6) is 0 Å². The monoisotopic (exact) mass is 154 g/mol. The van der Waals surface area contributed by atoms with Gasteiger partial charge in [0.05, 0.1) is 5.54 Å². The van der Waals surface area contributed by atoms with E-state index >= 15 is 0 Å². The first kappa shape index (κ1) is 10.3. The first-order chi connectivity index (χ1) is 4.92.